The molecule has 0 fully saturated rings. The Morgan fingerprint density at radius 3 is 2.26 bits per heavy atom. The Labute approximate surface area is 161 Å². The van der Waals surface area contributed by atoms with Crippen LogP contribution in [0.2, 0.25) is 0 Å². The van der Waals surface area contributed by atoms with Crippen LogP contribution in [0.5, 0.6) is 0 Å². The van der Waals surface area contributed by atoms with Crippen LogP contribution in [0.15, 0.2) is 30.3 Å². The summed E-state index contributed by atoms with van der Waals surface area (Å²) in [6.07, 6.45) is 0.124. The molecule has 0 aromatic heterocycles. The van der Waals surface area contributed by atoms with Crippen molar-refractivity contribution >= 4 is 23.6 Å². The molecule has 0 radical (unpaired) electrons. The van der Waals surface area contributed by atoms with E-state index < -0.39 is 17.7 Å². The van der Waals surface area contributed by atoms with Crippen LogP contribution < -0.4 is 5.32 Å². The first-order valence-corrected chi connectivity index (χ1v) is 9.14. The lowest BCUT2D eigenvalue weighted by molar-refractivity contribution is -0.138. The number of likely N-dealkylation sites (N-methyl/N-ethyl adjacent to an activating group) is 1. The number of hydrogen-bond acceptors (Lipinski definition) is 4. The predicted molar refractivity (Wildman–Crippen MR) is 105 cm³/mol. The lowest BCUT2D eigenvalue weighted by atomic mass is 10.2. The summed E-state index contributed by atoms with van der Waals surface area (Å²) in [4.78, 5) is 40.0. The second kappa shape index (κ2) is 9.94. The van der Waals surface area contributed by atoms with Gasteiger partial charge in [0.15, 0.2) is 0 Å². The van der Waals surface area contributed by atoms with Crippen LogP contribution in [0.4, 0.5) is 10.5 Å². The van der Waals surface area contributed by atoms with Gasteiger partial charge in [0.05, 0.1) is 0 Å². The summed E-state index contributed by atoms with van der Waals surface area (Å²) in [6, 6.07) is 8.42. The number of hydrogen-bond donors (Lipinski definition) is 1. The molecule has 0 heterocycles. The number of benzene rings is 1. The normalized spacial score (nSPS) is 12.1. The largest absolute Gasteiger partial charge is 0.444 e. The molecule has 3 amide bonds. The van der Waals surface area contributed by atoms with Crippen LogP contribution in [0.3, 0.4) is 0 Å². The lowest BCUT2D eigenvalue weighted by Gasteiger charge is -2.30. The number of amides is 3. The molecule has 1 rings (SSSR count). The van der Waals surface area contributed by atoms with E-state index >= 15 is 0 Å². The zero-order chi connectivity index (χ0) is 20.6. The number of nitrogens with one attached hydrogen (secondary N) is 1. The van der Waals surface area contributed by atoms with Crippen molar-refractivity contribution in [1.82, 2.24) is 9.80 Å². The van der Waals surface area contributed by atoms with Crippen LogP contribution in [0.1, 0.15) is 41.0 Å². The lowest BCUT2D eigenvalue weighted by Crippen LogP contribution is -2.50. The minimum atomic E-state index is -0.662. The van der Waals surface area contributed by atoms with Crippen molar-refractivity contribution in [2.75, 3.05) is 25.5 Å². The molecule has 150 valence electrons. The summed E-state index contributed by atoms with van der Waals surface area (Å²) in [7, 11) is 1.50. The van der Waals surface area contributed by atoms with E-state index in [4.69, 9.17) is 4.74 Å². The second-order valence-corrected chi connectivity index (χ2v) is 7.45. The highest BCUT2D eigenvalue weighted by Gasteiger charge is 2.28. The molecule has 1 unspecified atom stereocenters. The third-order valence-electron chi connectivity index (χ3n) is 3.75. The number of para-hydroxylation sites is 1. The third-order valence-corrected chi connectivity index (χ3v) is 3.75. The first-order valence-electron chi connectivity index (χ1n) is 9.14. The van der Waals surface area contributed by atoms with Crippen molar-refractivity contribution in [1.29, 1.82) is 0 Å². The summed E-state index contributed by atoms with van der Waals surface area (Å²) in [5.74, 6) is -0.580. The smallest absolute Gasteiger partial charge is 0.410 e. The molecule has 1 aromatic carbocycles. The highest BCUT2D eigenvalue weighted by atomic mass is 16.6. The minimum Gasteiger partial charge on any atom is -0.444 e. The van der Waals surface area contributed by atoms with Gasteiger partial charge in [0.2, 0.25) is 11.8 Å². The van der Waals surface area contributed by atoms with Crippen LogP contribution >= 0.6 is 0 Å². The molecular weight excluding hydrogens is 346 g/mol. The van der Waals surface area contributed by atoms with Crippen molar-refractivity contribution in [3.05, 3.63) is 30.3 Å². The zero-order valence-electron chi connectivity index (χ0n) is 17.1. The Kier molecular flexibility index (Phi) is 8.28. The first kappa shape index (κ1) is 22.5. The highest BCUT2D eigenvalue weighted by molar-refractivity contribution is 5.97. The molecule has 0 aliphatic carbocycles. The molecule has 27 heavy (non-hydrogen) atoms. The average molecular weight is 377 g/mol. The molecule has 0 aliphatic rings. The van der Waals surface area contributed by atoms with Crippen molar-refractivity contribution < 1.29 is 19.1 Å². The van der Waals surface area contributed by atoms with Gasteiger partial charge in [-0.05, 0) is 46.2 Å². The van der Waals surface area contributed by atoms with E-state index in [1.54, 1.807) is 39.8 Å². The monoisotopic (exact) mass is 377 g/mol. The molecular formula is C20H31N3O4. The van der Waals surface area contributed by atoms with Gasteiger partial charge in [0.25, 0.3) is 0 Å². The van der Waals surface area contributed by atoms with Gasteiger partial charge in [-0.3, -0.25) is 9.59 Å². The van der Waals surface area contributed by atoms with E-state index in [0.29, 0.717) is 18.7 Å². The predicted octanol–water partition coefficient (Wildman–Crippen LogP) is 3.12. The van der Waals surface area contributed by atoms with E-state index in [1.807, 2.05) is 25.1 Å². The maximum Gasteiger partial charge on any atom is 0.410 e. The fourth-order valence-electron chi connectivity index (χ4n) is 2.38. The van der Waals surface area contributed by atoms with Gasteiger partial charge in [0, 0.05) is 19.3 Å². The average Bonchev–Trinajstić information content (AvgIpc) is 2.58. The SMILES string of the molecule is CCCN(C(=O)CN(C)C(=O)OC(C)(C)C)C(C)C(=O)Nc1ccccc1. The second-order valence-electron chi connectivity index (χ2n) is 7.45. The van der Waals surface area contributed by atoms with Crippen LogP contribution in [0, 0.1) is 0 Å². The Balaban J connectivity index is 2.76. The third kappa shape index (κ3) is 7.68. The van der Waals surface area contributed by atoms with Crippen LogP contribution in [-0.4, -0.2) is 59.5 Å². The highest BCUT2D eigenvalue weighted by Crippen LogP contribution is 2.11. The van der Waals surface area contributed by atoms with E-state index in [1.165, 1.54) is 16.8 Å². The van der Waals surface area contributed by atoms with Gasteiger partial charge in [-0.2, -0.15) is 0 Å². The van der Waals surface area contributed by atoms with E-state index in [9.17, 15) is 14.4 Å². The Morgan fingerprint density at radius 1 is 1.15 bits per heavy atom. The van der Waals surface area contributed by atoms with Gasteiger partial charge < -0.3 is 19.9 Å². The number of nitrogens with zero attached hydrogens (tertiary/aromatic N) is 2. The minimum absolute atomic E-state index is 0.155. The number of carbonyl (C=O) groups is 3. The van der Waals surface area contributed by atoms with Crippen molar-refractivity contribution in [3.63, 3.8) is 0 Å². The number of rotatable bonds is 7. The summed E-state index contributed by atoms with van der Waals surface area (Å²) >= 11 is 0. The first-order chi connectivity index (χ1) is 12.5. The van der Waals surface area contributed by atoms with Crippen molar-refractivity contribution in [2.24, 2.45) is 0 Å². The quantitative estimate of drug-likeness (QED) is 0.792. The molecule has 0 spiro atoms. The Hall–Kier alpha value is -2.57. The molecule has 0 saturated heterocycles. The standard InChI is InChI=1S/C20H31N3O4/c1-7-13-23(15(2)18(25)21-16-11-9-8-10-12-16)17(24)14-22(6)19(26)27-20(3,4)5/h8-12,15H,7,13-14H2,1-6H3,(H,21,25). The van der Waals surface area contributed by atoms with Gasteiger partial charge in [-0.1, -0.05) is 25.1 Å². The molecule has 0 aliphatic heterocycles. The number of ether oxygens (including phenoxy) is 1. The maximum atomic E-state index is 12.7. The van der Waals surface area contributed by atoms with Gasteiger partial charge in [-0.25, -0.2) is 4.79 Å². The summed E-state index contributed by atoms with van der Waals surface area (Å²) in [6.45, 7) is 9.17. The van der Waals surface area contributed by atoms with Crippen LogP contribution in [0.25, 0.3) is 0 Å². The molecule has 1 aromatic rings. The summed E-state index contributed by atoms with van der Waals surface area (Å²) in [5, 5.41) is 2.80. The summed E-state index contributed by atoms with van der Waals surface area (Å²) in [5.41, 5.74) is 0.0319. The van der Waals surface area contributed by atoms with Gasteiger partial charge >= 0.3 is 6.09 Å². The maximum absolute atomic E-state index is 12.7. The number of anilines is 1. The van der Waals surface area contributed by atoms with Crippen molar-refractivity contribution in [3.8, 4) is 0 Å². The molecule has 7 nitrogen and oxygen atoms in total. The van der Waals surface area contributed by atoms with Gasteiger partial charge in [-0.15, -0.1) is 0 Å². The fourth-order valence-corrected chi connectivity index (χ4v) is 2.38. The fraction of sp³-hybridized carbons (Fsp3) is 0.550. The Bertz CT molecular complexity index is 640. The van der Waals surface area contributed by atoms with Crippen LogP contribution in [-0.2, 0) is 14.3 Å². The topological polar surface area (TPSA) is 79.0 Å². The van der Waals surface area contributed by atoms with Gasteiger partial charge in [0.1, 0.15) is 18.2 Å². The zero-order valence-corrected chi connectivity index (χ0v) is 17.1. The van der Waals surface area contributed by atoms with E-state index in [2.05, 4.69) is 5.32 Å². The molecule has 1 atom stereocenters. The molecule has 0 bridgehead atoms. The Morgan fingerprint density at radius 2 is 1.74 bits per heavy atom. The molecule has 7 heteroatoms. The molecule has 1 N–H and O–H groups in total. The van der Waals surface area contributed by atoms with Crippen molar-refractivity contribution in [2.45, 2.75) is 52.7 Å². The van der Waals surface area contributed by atoms with E-state index in [0.717, 1.165) is 0 Å². The molecule has 0 saturated carbocycles. The summed E-state index contributed by atoms with van der Waals surface area (Å²) < 4.78 is 5.26. The van der Waals surface area contributed by atoms with E-state index in [-0.39, 0.29) is 18.4 Å². The number of carbonyl (C=O) groups excluding carboxylic acids is 3.